The number of hydrogen-bond acceptors (Lipinski definition) is 1. The smallest absolute Gasteiger partial charge is 0.0358 e. The first kappa shape index (κ1) is 30.4. The lowest BCUT2D eigenvalue weighted by Gasteiger charge is -2.22. The maximum absolute atomic E-state index is 2.50. The Morgan fingerprint density at radius 2 is 1.35 bits per heavy atom. The van der Waals surface area contributed by atoms with E-state index < -0.39 is 0 Å². The Morgan fingerprint density at radius 1 is 0.577 bits per heavy atom. The third kappa shape index (κ3) is 4.39. The Morgan fingerprint density at radius 3 is 2.19 bits per heavy atom. The van der Waals surface area contributed by atoms with E-state index in [9.17, 15) is 0 Å². The number of fused-ring (bicyclic) bond motifs is 10. The van der Waals surface area contributed by atoms with Gasteiger partial charge in [-0.05, 0) is 167 Å². The predicted molar refractivity (Wildman–Crippen MR) is 226 cm³/mol. The molecule has 6 aromatic carbocycles. The van der Waals surface area contributed by atoms with Gasteiger partial charge in [-0.1, -0.05) is 117 Å². The molecule has 0 radical (unpaired) electrons. The second kappa shape index (κ2) is 11.4. The molecule has 4 aliphatic carbocycles. The zero-order valence-corrected chi connectivity index (χ0v) is 30.7. The van der Waals surface area contributed by atoms with Crippen LogP contribution in [0.3, 0.4) is 0 Å². The lowest BCUT2D eigenvalue weighted by Crippen LogP contribution is -2.33. The molecule has 7 aromatic rings. The van der Waals surface area contributed by atoms with E-state index in [2.05, 4.69) is 147 Å². The highest BCUT2D eigenvalue weighted by molar-refractivity contribution is 7.20. The molecule has 250 valence electrons. The molecule has 0 fully saturated rings. The van der Waals surface area contributed by atoms with E-state index in [-0.39, 0.29) is 5.41 Å². The highest BCUT2D eigenvalue weighted by Gasteiger charge is 2.37. The van der Waals surface area contributed by atoms with Crippen molar-refractivity contribution in [2.75, 3.05) is 0 Å². The Labute approximate surface area is 309 Å². The van der Waals surface area contributed by atoms with Crippen LogP contribution in [-0.4, -0.2) is 0 Å². The Hall–Kier alpha value is -5.24. The molecule has 0 unspecified atom stereocenters. The lowest BCUT2D eigenvalue weighted by atomic mass is 9.81. The van der Waals surface area contributed by atoms with Gasteiger partial charge in [-0.3, -0.25) is 0 Å². The number of rotatable bonds is 3. The van der Waals surface area contributed by atoms with Gasteiger partial charge in [0.05, 0.1) is 0 Å². The highest BCUT2D eigenvalue weighted by Crippen LogP contribution is 2.53. The van der Waals surface area contributed by atoms with Crippen molar-refractivity contribution in [3.05, 3.63) is 153 Å². The molecule has 0 bridgehead atoms. The van der Waals surface area contributed by atoms with Crippen LogP contribution in [0.4, 0.5) is 0 Å². The fraction of sp³-hybridized carbons (Fsp3) is 0.176. The van der Waals surface area contributed by atoms with Gasteiger partial charge in [0.1, 0.15) is 0 Å². The van der Waals surface area contributed by atoms with Crippen LogP contribution in [0.1, 0.15) is 73.1 Å². The van der Waals surface area contributed by atoms with Crippen LogP contribution in [0.5, 0.6) is 0 Å². The minimum atomic E-state index is -0.0543. The molecular weight excluding hydrogens is 645 g/mol. The van der Waals surface area contributed by atoms with Crippen LogP contribution in [0.2, 0.25) is 0 Å². The van der Waals surface area contributed by atoms with Crippen molar-refractivity contribution in [3.8, 4) is 33.4 Å². The van der Waals surface area contributed by atoms with Crippen molar-refractivity contribution in [1.29, 1.82) is 0 Å². The minimum Gasteiger partial charge on any atom is -0.136 e. The normalized spacial score (nSPS) is 16.6. The van der Waals surface area contributed by atoms with Crippen LogP contribution in [-0.2, 0) is 11.8 Å². The van der Waals surface area contributed by atoms with Gasteiger partial charge in [-0.15, -0.1) is 11.3 Å². The monoisotopic (exact) mass is 684 g/mol. The summed E-state index contributed by atoms with van der Waals surface area (Å²) in [7, 11) is 0. The Bertz CT molecular complexity index is 2920. The Kier molecular flexibility index (Phi) is 6.65. The van der Waals surface area contributed by atoms with Gasteiger partial charge in [-0.2, -0.15) is 0 Å². The molecule has 0 amide bonds. The first-order chi connectivity index (χ1) is 25.5. The fourth-order valence-corrected chi connectivity index (χ4v) is 11.1. The van der Waals surface area contributed by atoms with Gasteiger partial charge >= 0.3 is 0 Å². The molecule has 0 nitrogen and oxygen atoms in total. The number of aryl methyl sites for hydroxylation is 1. The molecule has 0 N–H and O–H groups in total. The molecule has 0 aliphatic heterocycles. The van der Waals surface area contributed by atoms with Crippen molar-refractivity contribution in [2.24, 2.45) is 0 Å². The summed E-state index contributed by atoms with van der Waals surface area (Å²) in [6.07, 6.45) is 23.2. The average Bonchev–Trinajstić information content (AvgIpc) is 3.67. The number of benzene rings is 6. The fourth-order valence-electron chi connectivity index (χ4n) is 9.91. The van der Waals surface area contributed by atoms with Gasteiger partial charge in [0, 0.05) is 15.0 Å². The van der Waals surface area contributed by atoms with Crippen LogP contribution in [0, 0.1) is 0 Å². The number of hydrogen-bond donors (Lipinski definition) is 0. The van der Waals surface area contributed by atoms with Crippen LogP contribution in [0.15, 0.2) is 115 Å². The molecule has 0 saturated carbocycles. The second-order valence-electron chi connectivity index (χ2n) is 15.7. The SMILES string of the molecule is CC1(C)c2ccc(-c3cccc(-c4c5c(c(C6=CC=CCC6)c6ccccc46)=CCCC=5)c3)cc2-c2c1ccc1cc3c4c(sc3cc21)C=CCC4. The first-order valence-electron chi connectivity index (χ1n) is 19.1. The van der Waals surface area contributed by atoms with Crippen molar-refractivity contribution >= 4 is 66.8 Å². The molecule has 1 aromatic heterocycles. The molecule has 0 atom stereocenters. The molecule has 1 heterocycles. The van der Waals surface area contributed by atoms with E-state index in [4.69, 9.17) is 0 Å². The number of allylic oxidation sites excluding steroid dienone is 5. The van der Waals surface area contributed by atoms with Gasteiger partial charge in [0.2, 0.25) is 0 Å². The quantitative estimate of drug-likeness (QED) is 0.174. The largest absolute Gasteiger partial charge is 0.136 e. The van der Waals surface area contributed by atoms with Crippen molar-refractivity contribution < 1.29 is 0 Å². The molecule has 4 aliphatic rings. The molecule has 0 saturated heterocycles. The third-order valence-electron chi connectivity index (χ3n) is 12.4. The zero-order valence-electron chi connectivity index (χ0n) is 29.9. The topological polar surface area (TPSA) is 0 Å². The maximum atomic E-state index is 2.50. The summed E-state index contributed by atoms with van der Waals surface area (Å²) in [5.41, 5.74) is 15.3. The second-order valence-corrected chi connectivity index (χ2v) is 16.8. The van der Waals surface area contributed by atoms with Crippen molar-refractivity contribution in [3.63, 3.8) is 0 Å². The summed E-state index contributed by atoms with van der Waals surface area (Å²) in [5, 5.41) is 9.74. The minimum absolute atomic E-state index is 0.0543. The Balaban J connectivity index is 1.10. The molecule has 1 heteroatoms. The van der Waals surface area contributed by atoms with E-state index in [1.165, 1.54) is 108 Å². The van der Waals surface area contributed by atoms with Gasteiger partial charge in [0.25, 0.3) is 0 Å². The van der Waals surface area contributed by atoms with Crippen molar-refractivity contribution in [2.45, 2.75) is 57.8 Å². The first-order valence-corrected chi connectivity index (χ1v) is 19.9. The van der Waals surface area contributed by atoms with Gasteiger partial charge in [-0.25, -0.2) is 0 Å². The summed E-state index contributed by atoms with van der Waals surface area (Å²) in [4.78, 5) is 1.44. The summed E-state index contributed by atoms with van der Waals surface area (Å²) in [6, 6.07) is 35.5. The number of thiophene rings is 1. The summed E-state index contributed by atoms with van der Waals surface area (Å²) >= 11 is 1.96. The third-order valence-corrected chi connectivity index (χ3v) is 13.6. The maximum Gasteiger partial charge on any atom is 0.0358 e. The summed E-state index contributed by atoms with van der Waals surface area (Å²) < 4.78 is 1.42. The van der Waals surface area contributed by atoms with E-state index in [1.807, 2.05) is 11.3 Å². The van der Waals surface area contributed by atoms with Gasteiger partial charge in [0.15, 0.2) is 0 Å². The standard InChI is InChI=1S/C51H40S/c1-51(2)44-25-23-33(28-43(44)50-41-30-47-42(29-34(41)24-26-45(50)51)36-17-10-11-22-46(36)52-47)32-15-12-16-35(27-32)49-39-20-8-6-18-37(39)48(31-13-4-3-5-14-31)38-19-7-9-21-40(38)49/h3-4,6,8,11-13,15-16,18-30H,5,7,9-10,14,17H2,1-2H3. The summed E-state index contributed by atoms with van der Waals surface area (Å²) in [6.45, 7) is 4.81. The molecule has 0 spiro atoms. The van der Waals surface area contributed by atoms with Crippen LogP contribution < -0.4 is 10.4 Å². The lowest BCUT2D eigenvalue weighted by molar-refractivity contribution is 0.661. The van der Waals surface area contributed by atoms with Crippen LogP contribution >= 0.6 is 11.3 Å². The summed E-state index contributed by atoms with van der Waals surface area (Å²) in [5.74, 6) is 0. The molecular formula is C51H40S. The van der Waals surface area contributed by atoms with Crippen molar-refractivity contribution in [1.82, 2.24) is 0 Å². The van der Waals surface area contributed by atoms with Crippen LogP contribution in [0.25, 0.3) is 88.8 Å². The van der Waals surface area contributed by atoms with E-state index >= 15 is 0 Å². The van der Waals surface area contributed by atoms with Gasteiger partial charge < -0.3 is 0 Å². The van der Waals surface area contributed by atoms with E-state index in [1.54, 1.807) is 0 Å². The predicted octanol–water partition coefficient (Wildman–Crippen LogP) is 12.9. The zero-order chi connectivity index (χ0) is 34.6. The van der Waals surface area contributed by atoms with E-state index in [0.717, 1.165) is 38.5 Å². The molecule has 11 rings (SSSR count). The average molecular weight is 685 g/mol. The highest BCUT2D eigenvalue weighted by atomic mass is 32.1. The molecule has 52 heavy (non-hydrogen) atoms. The van der Waals surface area contributed by atoms with E-state index in [0.29, 0.717) is 0 Å².